The second-order valence-corrected chi connectivity index (χ2v) is 3.14. The maximum atomic E-state index is 10.3. The highest BCUT2D eigenvalue weighted by atomic mass is 16.1. The second kappa shape index (κ2) is 1.57. The van der Waals surface area contributed by atoms with Crippen LogP contribution >= 0.6 is 0 Å². The van der Waals surface area contributed by atoms with Gasteiger partial charge in [0.15, 0.2) is 0 Å². The first-order chi connectivity index (χ1) is 4.34. The van der Waals surface area contributed by atoms with Gasteiger partial charge in [0.05, 0.1) is 0 Å². The fourth-order valence-electron chi connectivity index (χ4n) is 2.05. The molecule has 1 saturated heterocycles. The number of carbonyl (C=O) groups excluding carboxylic acids is 1. The van der Waals surface area contributed by atoms with E-state index in [9.17, 15) is 4.79 Å². The third kappa shape index (κ3) is 0.568. The van der Waals surface area contributed by atoms with Crippen LogP contribution < -0.4 is 0 Å². The summed E-state index contributed by atoms with van der Waals surface area (Å²) in [7, 11) is 2.11. The topological polar surface area (TPSA) is 20.3 Å². The van der Waals surface area contributed by atoms with Crippen molar-refractivity contribution < 1.29 is 4.79 Å². The zero-order valence-corrected chi connectivity index (χ0v) is 5.58. The molecule has 0 spiro atoms. The van der Waals surface area contributed by atoms with Gasteiger partial charge < -0.3 is 9.69 Å². The molecule has 0 aromatic heterocycles. The molecule has 2 rings (SSSR count). The fraction of sp³-hybridized carbons (Fsp3) is 0.857. The van der Waals surface area contributed by atoms with Crippen molar-refractivity contribution in [1.29, 1.82) is 0 Å². The molecule has 2 nitrogen and oxygen atoms in total. The predicted molar refractivity (Wildman–Crippen MR) is 34.1 cm³/mol. The fourth-order valence-corrected chi connectivity index (χ4v) is 2.05. The van der Waals surface area contributed by atoms with E-state index in [1.807, 2.05) is 0 Å². The largest absolute Gasteiger partial charge is 0.303 e. The molecule has 0 bridgehead atoms. The van der Waals surface area contributed by atoms with Crippen LogP contribution in [-0.2, 0) is 4.79 Å². The molecule has 0 aromatic carbocycles. The van der Waals surface area contributed by atoms with Crippen LogP contribution in [-0.4, -0.2) is 30.8 Å². The number of fused-ring (bicyclic) bond motifs is 1. The maximum absolute atomic E-state index is 10.3. The van der Waals surface area contributed by atoms with E-state index in [-0.39, 0.29) is 0 Å². The highest BCUT2D eigenvalue weighted by Crippen LogP contribution is 2.48. The highest BCUT2D eigenvalue weighted by Gasteiger charge is 2.55. The molecule has 1 aliphatic carbocycles. The minimum absolute atomic E-state index is 0.392. The van der Waals surface area contributed by atoms with Gasteiger partial charge in [0.1, 0.15) is 6.29 Å². The van der Waals surface area contributed by atoms with Crippen molar-refractivity contribution in [2.24, 2.45) is 11.8 Å². The van der Waals surface area contributed by atoms with Crippen LogP contribution in [0.15, 0.2) is 0 Å². The zero-order chi connectivity index (χ0) is 6.43. The van der Waals surface area contributed by atoms with Gasteiger partial charge in [-0.15, -0.1) is 0 Å². The Kier molecular flexibility index (Phi) is 0.943. The molecular weight excluding hydrogens is 114 g/mol. The van der Waals surface area contributed by atoms with Gasteiger partial charge in [-0.1, -0.05) is 0 Å². The summed E-state index contributed by atoms with van der Waals surface area (Å²) in [5.41, 5.74) is 0. The average Bonchev–Trinajstić information content (AvgIpc) is 2.46. The maximum Gasteiger partial charge on any atom is 0.124 e. The van der Waals surface area contributed by atoms with Crippen LogP contribution in [0.2, 0.25) is 0 Å². The van der Waals surface area contributed by atoms with Gasteiger partial charge in [0, 0.05) is 12.0 Å². The Labute approximate surface area is 54.8 Å². The quantitative estimate of drug-likeness (QED) is 0.464. The van der Waals surface area contributed by atoms with Crippen LogP contribution in [0.3, 0.4) is 0 Å². The van der Waals surface area contributed by atoms with Gasteiger partial charge in [-0.25, -0.2) is 0 Å². The molecule has 50 valence electrons. The van der Waals surface area contributed by atoms with Crippen molar-refractivity contribution in [1.82, 2.24) is 4.90 Å². The molecule has 2 fully saturated rings. The van der Waals surface area contributed by atoms with Gasteiger partial charge in [0.2, 0.25) is 0 Å². The van der Waals surface area contributed by atoms with E-state index < -0.39 is 0 Å². The van der Waals surface area contributed by atoms with Gasteiger partial charge >= 0.3 is 0 Å². The van der Waals surface area contributed by atoms with Crippen molar-refractivity contribution in [3.8, 4) is 0 Å². The lowest BCUT2D eigenvalue weighted by Crippen LogP contribution is -2.19. The smallest absolute Gasteiger partial charge is 0.124 e. The zero-order valence-electron chi connectivity index (χ0n) is 5.58. The summed E-state index contributed by atoms with van der Waals surface area (Å²) in [5.74, 6) is 1.12. The summed E-state index contributed by atoms with van der Waals surface area (Å²) >= 11 is 0. The van der Waals surface area contributed by atoms with Crippen molar-refractivity contribution in [3.63, 3.8) is 0 Å². The van der Waals surface area contributed by atoms with E-state index in [4.69, 9.17) is 0 Å². The summed E-state index contributed by atoms with van der Waals surface area (Å²) in [4.78, 5) is 12.6. The van der Waals surface area contributed by atoms with Crippen molar-refractivity contribution >= 4 is 6.29 Å². The van der Waals surface area contributed by atoms with Crippen molar-refractivity contribution in [3.05, 3.63) is 0 Å². The van der Waals surface area contributed by atoms with Gasteiger partial charge in [-0.3, -0.25) is 0 Å². The van der Waals surface area contributed by atoms with E-state index in [1.54, 1.807) is 0 Å². The predicted octanol–water partition coefficient (Wildman–Crippen LogP) is 0.135. The minimum Gasteiger partial charge on any atom is -0.303 e. The summed E-state index contributed by atoms with van der Waals surface area (Å²) in [6, 6.07) is 0.627. The second-order valence-electron chi connectivity index (χ2n) is 3.14. The van der Waals surface area contributed by atoms with Crippen molar-refractivity contribution in [2.75, 3.05) is 13.6 Å². The Morgan fingerprint density at radius 3 is 2.78 bits per heavy atom. The third-order valence-electron chi connectivity index (χ3n) is 2.67. The van der Waals surface area contributed by atoms with Crippen LogP contribution in [0.1, 0.15) is 6.42 Å². The lowest BCUT2D eigenvalue weighted by atomic mass is 10.2. The van der Waals surface area contributed by atoms with E-state index in [0.717, 1.165) is 12.2 Å². The summed E-state index contributed by atoms with van der Waals surface area (Å²) in [5, 5.41) is 0. The molecular formula is C7H11NO. The van der Waals surface area contributed by atoms with Crippen LogP contribution in [0, 0.1) is 11.8 Å². The van der Waals surface area contributed by atoms with Gasteiger partial charge in [-0.05, 0) is 25.9 Å². The van der Waals surface area contributed by atoms with Crippen LogP contribution in [0.5, 0.6) is 0 Å². The number of rotatable bonds is 1. The first kappa shape index (κ1) is 5.42. The Hall–Kier alpha value is -0.370. The summed E-state index contributed by atoms with van der Waals surface area (Å²) in [6.07, 6.45) is 2.36. The number of aldehydes is 1. The molecule has 1 aliphatic heterocycles. The molecule has 9 heavy (non-hydrogen) atoms. The lowest BCUT2D eigenvalue weighted by Gasteiger charge is -2.09. The van der Waals surface area contributed by atoms with E-state index in [1.165, 1.54) is 13.0 Å². The van der Waals surface area contributed by atoms with E-state index in [2.05, 4.69) is 11.9 Å². The number of hydrogen-bond donors (Lipinski definition) is 0. The SMILES string of the molecule is CN1CC[C@@H]2C(C=O)[C@@H]21. The molecule has 1 heterocycles. The van der Waals surface area contributed by atoms with Gasteiger partial charge in [-0.2, -0.15) is 0 Å². The number of likely N-dealkylation sites (tertiary alicyclic amines) is 1. The third-order valence-corrected chi connectivity index (χ3v) is 2.67. The normalized spacial score (nSPS) is 48.8. The Balaban J connectivity index is 2.05. The molecule has 2 aliphatic rings. The molecule has 0 aromatic rings. The minimum atomic E-state index is 0.392. The van der Waals surface area contributed by atoms with Crippen LogP contribution in [0.4, 0.5) is 0 Å². The molecule has 1 saturated carbocycles. The Morgan fingerprint density at radius 2 is 2.44 bits per heavy atom. The van der Waals surface area contributed by atoms with E-state index in [0.29, 0.717) is 12.0 Å². The number of piperidine rings is 1. The Morgan fingerprint density at radius 1 is 1.67 bits per heavy atom. The molecule has 0 amide bonds. The van der Waals surface area contributed by atoms with E-state index >= 15 is 0 Å². The van der Waals surface area contributed by atoms with Crippen molar-refractivity contribution in [2.45, 2.75) is 12.5 Å². The highest BCUT2D eigenvalue weighted by molar-refractivity contribution is 5.61. The molecule has 1 unspecified atom stereocenters. The van der Waals surface area contributed by atoms with Gasteiger partial charge in [0.25, 0.3) is 0 Å². The summed E-state index contributed by atoms with van der Waals surface area (Å²) < 4.78 is 0. The summed E-state index contributed by atoms with van der Waals surface area (Å²) in [6.45, 7) is 1.19. The number of hydrogen-bond acceptors (Lipinski definition) is 2. The number of nitrogens with zero attached hydrogens (tertiary/aromatic N) is 1. The lowest BCUT2D eigenvalue weighted by molar-refractivity contribution is -0.109. The first-order valence-electron chi connectivity index (χ1n) is 3.50. The van der Waals surface area contributed by atoms with Crippen LogP contribution in [0.25, 0.3) is 0 Å². The monoisotopic (exact) mass is 125 g/mol. The number of carbonyl (C=O) groups is 1. The molecule has 0 N–H and O–H groups in total. The molecule has 3 atom stereocenters. The first-order valence-corrected chi connectivity index (χ1v) is 3.50. The standard InChI is InChI=1S/C7H11NO/c1-8-3-2-5-6(4-9)7(5)8/h4-7H,2-3H2,1H3/t5-,6?,7-/m1/s1. The molecule has 2 heteroatoms. The average molecular weight is 125 g/mol. The molecule has 0 radical (unpaired) electrons. The Bertz CT molecular complexity index is 146.